The number of rotatable bonds is 1. The van der Waals surface area contributed by atoms with Crippen LogP contribution in [0.5, 0.6) is 0 Å². The molecule has 18 heavy (non-hydrogen) atoms. The minimum atomic E-state index is 0.808. The van der Waals surface area contributed by atoms with Crippen LogP contribution in [-0.4, -0.2) is 9.97 Å². The molecule has 0 aliphatic rings. The fourth-order valence-electron chi connectivity index (χ4n) is 2.17. The summed E-state index contributed by atoms with van der Waals surface area (Å²) in [5, 5.41) is 1.91. The van der Waals surface area contributed by atoms with Crippen molar-refractivity contribution >= 4 is 21.9 Å². The Morgan fingerprint density at radius 1 is 0.667 bits per heavy atom. The molecular formula is C14H8N2O2. The molecule has 4 nitrogen and oxygen atoms in total. The molecule has 0 aliphatic heterocycles. The first-order valence-electron chi connectivity index (χ1n) is 5.58. The summed E-state index contributed by atoms with van der Waals surface area (Å²) in [7, 11) is 0. The van der Waals surface area contributed by atoms with Crippen LogP contribution in [0.25, 0.3) is 33.3 Å². The molecule has 0 aliphatic carbocycles. The average Bonchev–Trinajstić information content (AvgIpc) is 3.06. The van der Waals surface area contributed by atoms with Crippen molar-refractivity contribution in [2.45, 2.75) is 0 Å². The zero-order chi connectivity index (χ0) is 11.9. The summed E-state index contributed by atoms with van der Waals surface area (Å²) >= 11 is 0. The van der Waals surface area contributed by atoms with Gasteiger partial charge in [0, 0.05) is 23.2 Å². The minimum absolute atomic E-state index is 0.808. The SMILES string of the molecule is c1cc2occc2c(-c2nccc3occc23)n1. The highest BCUT2D eigenvalue weighted by atomic mass is 16.3. The van der Waals surface area contributed by atoms with E-state index < -0.39 is 0 Å². The Morgan fingerprint density at radius 2 is 1.17 bits per heavy atom. The molecule has 0 aromatic carbocycles. The third kappa shape index (κ3) is 1.20. The zero-order valence-electron chi connectivity index (χ0n) is 9.33. The van der Waals surface area contributed by atoms with Crippen molar-refractivity contribution in [3.8, 4) is 11.4 Å². The van der Waals surface area contributed by atoms with Gasteiger partial charge in [0.25, 0.3) is 0 Å². The number of hydrogen-bond donors (Lipinski definition) is 0. The molecule has 0 radical (unpaired) electrons. The van der Waals surface area contributed by atoms with Crippen molar-refractivity contribution in [3.63, 3.8) is 0 Å². The Kier molecular flexibility index (Phi) is 1.80. The summed E-state index contributed by atoms with van der Waals surface area (Å²) < 4.78 is 10.8. The molecular weight excluding hydrogens is 228 g/mol. The van der Waals surface area contributed by atoms with Crippen LogP contribution in [0.2, 0.25) is 0 Å². The Labute approximate surface area is 102 Å². The molecule has 0 saturated heterocycles. The minimum Gasteiger partial charge on any atom is -0.464 e. The van der Waals surface area contributed by atoms with Crippen LogP contribution in [0.3, 0.4) is 0 Å². The van der Waals surface area contributed by atoms with E-state index in [0.717, 1.165) is 33.3 Å². The number of hydrogen-bond acceptors (Lipinski definition) is 4. The summed E-state index contributed by atoms with van der Waals surface area (Å²) in [6, 6.07) is 7.49. The van der Waals surface area contributed by atoms with E-state index in [1.807, 2.05) is 24.3 Å². The maximum atomic E-state index is 5.38. The van der Waals surface area contributed by atoms with Crippen LogP contribution in [0.1, 0.15) is 0 Å². The molecule has 0 bridgehead atoms. The highest BCUT2D eigenvalue weighted by molar-refractivity contribution is 5.99. The Bertz CT molecular complexity index is 773. The first-order chi connectivity index (χ1) is 8.93. The first kappa shape index (κ1) is 9.41. The van der Waals surface area contributed by atoms with Crippen LogP contribution >= 0.6 is 0 Å². The number of furan rings is 2. The summed E-state index contributed by atoms with van der Waals surface area (Å²) in [6.07, 6.45) is 6.76. The van der Waals surface area contributed by atoms with E-state index in [4.69, 9.17) is 8.83 Å². The summed E-state index contributed by atoms with van der Waals surface area (Å²) in [5.74, 6) is 0. The Balaban J connectivity index is 2.13. The maximum Gasteiger partial charge on any atom is 0.137 e. The molecule has 4 aromatic rings. The second-order valence-electron chi connectivity index (χ2n) is 3.98. The summed E-state index contributed by atoms with van der Waals surface area (Å²) in [5.41, 5.74) is 3.24. The molecule has 0 atom stereocenters. The lowest BCUT2D eigenvalue weighted by atomic mass is 10.1. The van der Waals surface area contributed by atoms with Crippen LogP contribution < -0.4 is 0 Å². The summed E-state index contributed by atoms with van der Waals surface area (Å²) in [6.45, 7) is 0. The second-order valence-corrected chi connectivity index (χ2v) is 3.98. The smallest absolute Gasteiger partial charge is 0.137 e. The molecule has 0 amide bonds. The zero-order valence-corrected chi connectivity index (χ0v) is 9.33. The van der Waals surface area contributed by atoms with E-state index >= 15 is 0 Å². The van der Waals surface area contributed by atoms with Crippen molar-refractivity contribution < 1.29 is 8.83 Å². The van der Waals surface area contributed by atoms with Gasteiger partial charge in [-0.3, -0.25) is 9.97 Å². The fraction of sp³-hybridized carbons (Fsp3) is 0. The van der Waals surface area contributed by atoms with Gasteiger partial charge in [-0.05, 0) is 24.3 Å². The highest BCUT2D eigenvalue weighted by Crippen LogP contribution is 2.31. The van der Waals surface area contributed by atoms with Crippen molar-refractivity contribution in [2.24, 2.45) is 0 Å². The van der Waals surface area contributed by atoms with Gasteiger partial charge in [0.1, 0.15) is 22.6 Å². The lowest BCUT2D eigenvalue weighted by Crippen LogP contribution is -1.87. The number of pyridine rings is 2. The molecule has 0 unspecified atom stereocenters. The van der Waals surface area contributed by atoms with Gasteiger partial charge in [0.2, 0.25) is 0 Å². The van der Waals surface area contributed by atoms with Crippen LogP contribution in [0, 0.1) is 0 Å². The third-order valence-electron chi connectivity index (χ3n) is 2.98. The van der Waals surface area contributed by atoms with Crippen molar-refractivity contribution in [1.82, 2.24) is 9.97 Å². The van der Waals surface area contributed by atoms with Gasteiger partial charge in [-0.25, -0.2) is 0 Å². The molecule has 0 fully saturated rings. The molecule has 86 valence electrons. The monoisotopic (exact) mass is 236 g/mol. The largest absolute Gasteiger partial charge is 0.464 e. The molecule has 4 heterocycles. The van der Waals surface area contributed by atoms with Crippen LogP contribution in [0.4, 0.5) is 0 Å². The average molecular weight is 236 g/mol. The van der Waals surface area contributed by atoms with E-state index in [-0.39, 0.29) is 0 Å². The molecule has 0 N–H and O–H groups in total. The van der Waals surface area contributed by atoms with E-state index in [1.165, 1.54) is 0 Å². The molecule has 4 rings (SSSR count). The normalized spacial score (nSPS) is 11.3. The van der Waals surface area contributed by atoms with Gasteiger partial charge < -0.3 is 8.83 Å². The predicted molar refractivity (Wildman–Crippen MR) is 67.0 cm³/mol. The maximum absolute atomic E-state index is 5.38. The first-order valence-corrected chi connectivity index (χ1v) is 5.58. The molecule has 0 spiro atoms. The fourth-order valence-corrected chi connectivity index (χ4v) is 2.17. The highest BCUT2D eigenvalue weighted by Gasteiger charge is 2.12. The van der Waals surface area contributed by atoms with Gasteiger partial charge in [0.15, 0.2) is 0 Å². The number of fused-ring (bicyclic) bond motifs is 2. The predicted octanol–water partition coefficient (Wildman–Crippen LogP) is 3.64. The van der Waals surface area contributed by atoms with Crippen LogP contribution in [-0.2, 0) is 0 Å². The van der Waals surface area contributed by atoms with Crippen molar-refractivity contribution in [2.75, 3.05) is 0 Å². The molecule has 4 heteroatoms. The molecule has 4 aromatic heterocycles. The van der Waals surface area contributed by atoms with Crippen molar-refractivity contribution in [1.29, 1.82) is 0 Å². The lowest BCUT2D eigenvalue weighted by molar-refractivity contribution is 0.615. The second kappa shape index (κ2) is 3.43. The quantitative estimate of drug-likeness (QED) is 0.506. The van der Waals surface area contributed by atoms with E-state index in [0.29, 0.717) is 0 Å². The Morgan fingerprint density at radius 3 is 1.67 bits per heavy atom. The number of nitrogens with zero attached hydrogens (tertiary/aromatic N) is 2. The van der Waals surface area contributed by atoms with Crippen molar-refractivity contribution in [3.05, 3.63) is 49.2 Å². The van der Waals surface area contributed by atoms with Gasteiger partial charge in [-0.2, -0.15) is 0 Å². The van der Waals surface area contributed by atoms with Crippen LogP contribution in [0.15, 0.2) is 58.0 Å². The molecule has 0 saturated carbocycles. The Hall–Kier alpha value is -2.62. The van der Waals surface area contributed by atoms with Gasteiger partial charge in [-0.1, -0.05) is 0 Å². The lowest BCUT2D eigenvalue weighted by Gasteiger charge is -2.02. The van der Waals surface area contributed by atoms with E-state index in [2.05, 4.69) is 9.97 Å². The van der Waals surface area contributed by atoms with Gasteiger partial charge in [-0.15, -0.1) is 0 Å². The van der Waals surface area contributed by atoms with Gasteiger partial charge >= 0.3 is 0 Å². The van der Waals surface area contributed by atoms with Gasteiger partial charge in [0.05, 0.1) is 12.5 Å². The van der Waals surface area contributed by atoms with E-state index in [9.17, 15) is 0 Å². The topological polar surface area (TPSA) is 52.1 Å². The summed E-state index contributed by atoms with van der Waals surface area (Å²) in [4.78, 5) is 8.83. The number of aromatic nitrogens is 2. The standard InChI is InChI=1S/C14H8N2O2/c1-5-15-13(9-3-7-17-11(1)9)14-10-4-8-18-12(10)2-6-16-14/h1-8H. The van der Waals surface area contributed by atoms with E-state index in [1.54, 1.807) is 24.9 Å². The third-order valence-corrected chi connectivity index (χ3v) is 2.98.